The Bertz CT molecular complexity index is 1290. The highest BCUT2D eigenvalue weighted by Gasteiger charge is 2.18. The van der Waals surface area contributed by atoms with Crippen molar-refractivity contribution < 1.29 is 19.1 Å². The van der Waals surface area contributed by atoms with Crippen LogP contribution in [-0.4, -0.2) is 29.5 Å². The number of ketones is 1. The molecule has 0 aliphatic carbocycles. The van der Waals surface area contributed by atoms with Crippen LogP contribution in [0.3, 0.4) is 0 Å². The van der Waals surface area contributed by atoms with Gasteiger partial charge in [-0.3, -0.25) is 4.79 Å². The van der Waals surface area contributed by atoms with Crippen LogP contribution in [0.5, 0.6) is 5.75 Å². The van der Waals surface area contributed by atoms with Crippen LogP contribution in [0.15, 0.2) is 77.3 Å². The number of ether oxygens (including phenoxy) is 2. The summed E-state index contributed by atoms with van der Waals surface area (Å²) >= 11 is 3.43. The molecule has 1 aromatic heterocycles. The summed E-state index contributed by atoms with van der Waals surface area (Å²) in [5, 5.41) is 2.11. The number of carbonyl (C=O) groups excluding carboxylic acids is 2. The van der Waals surface area contributed by atoms with Gasteiger partial charge in [0, 0.05) is 27.1 Å². The number of Topliss-reactive ketones (excluding diaryl/α,β-unsaturated/α-hetero) is 1. The van der Waals surface area contributed by atoms with Crippen LogP contribution in [0.1, 0.15) is 21.7 Å². The number of fused-ring (bicyclic) bond motifs is 1. The van der Waals surface area contributed by atoms with Gasteiger partial charge in [0.15, 0.2) is 13.2 Å². The third-order valence-electron chi connectivity index (χ3n) is 5.26. The first-order valence-corrected chi connectivity index (χ1v) is 11.0. The van der Waals surface area contributed by atoms with Crippen LogP contribution in [0, 0.1) is 13.8 Å². The number of halogens is 1. The molecular weight excluding hydrogens is 470 g/mol. The van der Waals surface area contributed by atoms with Crippen molar-refractivity contribution in [1.29, 1.82) is 0 Å². The summed E-state index contributed by atoms with van der Waals surface area (Å²) in [5.41, 5.74) is 3.23. The lowest BCUT2D eigenvalue weighted by Gasteiger charge is -2.10. The van der Waals surface area contributed by atoms with E-state index >= 15 is 0 Å². The summed E-state index contributed by atoms with van der Waals surface area (Å²) in [6.45, 7) is 3.23. The average molecular weight is 492 g/mol. The molecule has 0 spiro atoms. The molecule has 0 unspecified atom stereocenters. The molecule has 1 heterocycles. The Balaban J connectivity index is 1.36. The topological polar surface area (TPSA) is 57.5 Å². The number of hydrogen-bond donors (Lipinski definition) is 0. The highest BCUT2D eigenvalue weighted by atomic mass is 79.9. The summed E-state index contributed by atoms with van der Waals surface area (Å²) in [5.74, 6) is -0.265. The van der Waals surface area contributed by atoms with Gasteiger partial charge in [0.1, 0.15) is 5.75 Å². The molecule has 0 fully saturated rings. The molecule has 0 aliphatic rings. The smallest absolute Gasteiger partial charge is 0.344 e. The third kappa shape index (κ3) is 4.75. The van der Waals surface area contributed by atoms with Gasteiger partial charge >= 0.3 is 5.97 Å². The van der Waals surface area contributed by atoms with Crippen LogP contribution in [-0.2, 0) is 9.53 Å². The van der Waals surface area contributed by atoms with Gasteiger partial charge in [-0.15, -0.1) is 0 Å². The minimum Gasteiger partial charge on any atom is -0.482 e. The first-order chi connectivity index (χ1) is 15.4. The molecule has 5 nitrogen and oxygen atoms in total. The largest absolute Gasteiger partial charge is 0.482 e. The summed E-state index contributed by atoms with van der Waals surface area (Å²) in [4.78, 5) is 24.8. The van der Waals surface area contributed by atoms with E-state index in [1.54, 1.807) is 6.07 Å². The molecule has 0 N–H and O–H groups in total. The number of carbonyl (C=O) groups is 2. The maximum absolute atomic E-state index is 12.7. The average Bonchev–Trinajstić information content (AvgIpc) is 3.10. The van der Waals surface area contributed by atoms with Crippen molar-refractivity contribution in [3.05, 3.63) is 94.2 Å². The minimum absolute atomic E-state index is 0.250. The standard InChI is InChI=1S/C26H22BrNO4/c1-17-13-24(18(2)28(17)22-10-8-21(27)9-11-22)25(29)15-32-26(30)16-31-23-12-7-19-5-3-4-6-20(19)14-23/h3-14H,15-16H2,1-2H3. The third-order valence-corrected chi connectivity index (χ3v) is 5.79. The maximum atomic E-state index is 12.7. The van der Waals surface area contributed by atoms with E-state index in [1.807, 2.05) is 85.1 Å². The Morgan fingerprint density at radius 1 is 0.875 bits per heavy atom. The SMILES string of the molecule is Cc1cc(C(=O)COC(=O)COc2ccc3ccccc3c2)c(C)n1-c1ccc(Br)cc1. The van der Waals surface area contributed by atoms with Crippen molar-refractivity contribution in [1.82, 2.24) is 4.57 Å². The minimum atomic E-state index is -0.590. The van der Waals surface area contributed by atoms with Crippen LogP contribution in [0.4, 0.5) is 0 Å². The second kappa shape index (κ2) is 9.40. The van der Waals surface area contributed by atoms with Crippen molar-refractivity contribution >= 4 is 38.5 Å². The summed E-state index contributed by atoms with van der Waals surface area (Å²) in [6, 6.07) is 23.2. The monoisotopic (exact) mass is 491 g/mol. The van der Waals surface area contributed by atoms with Crippen LogP contribution >= 0.6 is 15.9 Å². The van der Waals surface area contributed by atoms with Crippen LogP contribution < -0.4 is 4.74 Å². The lowest BCUT2D eigenvalue weighted by atomic mass is 10.1. The van der Waals surface area contributed by atoms with Crippen molar-refractivity contribution in [3.63, 3.8) is 0 Å². The van der Waals surface area contributed by atoms with E-state index in [4.69, 9.17) is 9.47 Å². The molecule has 32 heavy (non-hydrogen) atoms. The predicted octanol–water partition coefficient (Wildman–Crippen LogP) is 5.81. The van der Waals surface area contributed by atoms with E-state index in [0.29, 0.717) is 11.3 Å². The summed E-state index contributed by atoms with van der Waals surface area (Å²) < 4.78 is 13.7. The number of aryl methyl sites for hydroxylation is 1. The van der Waals surface area contributed by atoms with E-state index in [0.717, 1.165) is 32.3 Å². The molecule has 0 saturated carbocycles. The predicted molar refractivity (Wildman–Crippen MR) is 128 cm³/mol. The van der Waals surface area contributed by atoms with E-state index in [1.165, 1.54) is 0 Å². The Hall–Kier alpha value is -3.38. The number of rotatable bonds is 7. The van der Waals surface area contributed by atoms with Crippen LogP contribution in [0.25, 0.3) is 16.5 Å². The molecule has 3 aromatic carbocycles. The Kier molecular flexibility index (Phi) is 6.42. The molecule has 162 valence electrons. The highest BCUT2D eigenvalue weighted by molar-refractivity contribution is 9.10. The highest BCUT2D eigenvalue weighted by Crippen LogP contribution is 2.23. The molecule has 0 aliphatic heterocycles. The van der Waals surface area contributed by atoms with E-state index in [9.17, 15) is 9.59 Å². The van der Waals surface area contributed by atoms with Gasteiger partial charge in [0.05, 0.1) is 0 Å². The number of esters is 1. The van der Waals surface area contributed by atoms with Crippen molar-refractivity contribution in [3.8, 4) is 11.4 Å². The number of nitrogens with zero attached hydrogens (tertiary/aromatic N) is 1. The van der Waals surface area contributed by atoms with E-state index in [2.05, 4.69) is 15.9 Å². The van der Waals surface area contributed by atoms with Crippen molar-refractivity contribution in [2.45, 2.75) is 13.8 Å². The lowest BCUT2D eigenvalue weighted by Crippen LogP contribution is -2.19. The fourth-order valence-electron chi connectivity index (χ4n) is 3.70. The first-order valence-electron chi connectivity index (χ1n) is 10.2. The summed E-state index contributed by atoms with van der Waals surface area (Å²) in [7, 11) is 0. The van der Waals surface area contributed by atoms with Gasteiger partial charge in [-0.2, -0.15) is 0 Å². The Morgan fingerprint density at radius 3 is 2.34 bits per heavy atom. The quantitative estimate of drug-likeness (QED) is 0.241. The fourth-order valence-corrected chi connectivity index (χ4v) is 3.96. The van der Waals surface area contributed by atoms with E-state index < -0.39 is 5.97 Å². The van der Waals surface area contributed by atoms with E-state index in [-0.39, 0.29) is 19.0 Å². The normalized spacial score (nSPS) is 10.8. The second-order valence-corrected chi connectivity index (χ2v) is 8.39. The Morgan fingerprint density at radius 2 is 1.59 bits per heavy atom. The molecule has 6 heteroatoms. The second-order valence-electron chi connectivity index (χ2n) is 7.48. The van der Waals surface area contributed by atoms with Gasteiger partial charge < -0.3 is 14.0 Å². The first kappa shape index (κ1) is 21.8. The summed E-state index contributed by atoms with van der Waals surface area (Å²) in [6.07, 6.45) is 0. The zero-order chi connectivity index (χ0) is 22.7. The van der Waals surface area contributed by atoms with Gasteiger partial charge in [-0.25, -0.2) is 4.79 Å². The molecule has 0 bridgehead atoms. The zero-order valence-corrected chi connectivity index (χ0v) is 19.4. The molecule has 0 amide bonds. The number of benzene rings is 3. The fraction of sp³-hybridized carbons (Fsp3) is 0.154. The molecule has 0 saturated heterocycles. The molecule has 4 rings (SSSR count). The lowest BCUT2D eigenvalue weighted by molar-refractivity contribution is -0.144. The number of hydrogen-bond acceptors (Lipinski definition) is 4. The van der Waals surface area contributed by atoms with Crippen LogP contribution in [0.2, 0.25) is 0 Å². The molecule has 0 atom stereocenters. The Labute approximate surface area is 194 Å². The van der Waals surface area contributed by atoms with Gasteiger partial charge in [-0.05, 0) is 67.1 Å². The zero-order valence-electron chi connectivity index (χ0n) is 17.8. The maximum Gasteiger partial charge on any atom is 0.344 e. The molecule has 0 radical (unpaired) electrons. The number of aromatic nitrogens is 1. The van der Waals surface area contributed by atoms with Gasteiger partial charge in [-0.1, -0.05) is 46.3 Å². The van der Waals surface area contributed by atoms with Crippen molar-refractivity contribution in [2.24, 2.45) is 0 Å². The van der Waals surface area contributed by atoms with Crippen molar-refractivity contribution in [2.75, 3.05) is 13.2 Å². The molecule has 4 aromatic rings. The van der Waals surface area contributed by atoms with Gasteiger partial charge in [0.25, 0.3) is 0 Å². The van der Waals surface area contributed by atoms with Gasteiger partial charge in [0.2, 0.25) is 5.78 Å². The molecular formula is C26H22BrNO4.